The normalized spacial score (nSPS) is 29.8. The smallest absolute Gasteiger partial charge is 0.311 e. The number of piperidine rings is 2. The summed E-state index contributed by atoms with van der Waals surface area (Å²) in [5, 5.41) is 9.61. The molecule has 0 N–H and O–H groups in total. The lowest BCUT2D eigenvalue weighted by molar-refractivity contribution is -0.137. The van der Waals surface area contributed by atoms with Crippen molar-refractivity contribution in [3.8, 4) is 23.6 Å². The van der Waals surface area contributed by atoms with Crippen molar-refractivity contribution in [3.63, 3.8) is 0 Å². The summed E-state index contributed by atoms with van der Waals surface area (Å²) in [5.41, 5.74) is 3.61. The van der Waals surface area contributed by atoms with Gasteiger partial charge in [-0.2, -0.15) is 14.1 Å². The van der Waals surface area contributed by atoms with Crippen molar-refractivity contribution in [2.45, 2.75) is 113 Å². The van der Waals surface area contributed by atoms with Gasteiger partial charge in [0.25, 0.3) is 17.9 Å². The van der Waals surface area contributed by atoms with Gasteiger partial charge in [-0.25, -0.2) is 16.8 Å². The van der Waals surface area contributed by atoms with Crippen molar-refractivity contribution in [1.29, 1.82) is 5.26 Å². The quantitative estimate of drug-likeness (QED) is 0.409. The van der Waals surface area contributed by atoms with Gasteiger partial charge in [0.15, 0.2) is 13.2 Å². The number of carbonyl (C=O) groups excluding carboxylic acids is 2. The fourth-order valence-corrected chi connectivity index (χ4v) is 11.1. The molecule has 0 aromatic heterocycles. The van der Waals surface area contributed by atoms with Crippen LogP contribution in [0.5, 0.6) is 11.5 Å². The standard InChI is InChI=1S/C44H53N6O10S2/c1-61(53,54)47-37-4-3-17-49-39(37)24-57-33-11-7-30(8-12-33)35-15-5-29(19-42(35)60-26-43(49)51)22-46-32-20-38(48-62(2,55)56)40-25-58-34-13-9-31(10-14-34)36-18-28(21-45)6-16-41(36)59-27-44(52)50(40)23-32/h5-6,15-16,18-19,30-34,39-40H,3-4,7-14,17,20,23-27H2,1-2H3/q+1/b47-37+,48-38+/t30?,31?,32?,33?,34?,39-,40?/m0/s1. The highest BCUT2D eigenvalue weighted by molar-refractivity contribution is 7.89. The first-order valence-electron chi connectivity index (χ1n) is 21.5. The van der Waals surface area contributed by atoms with E-state index in [0.29, 0.717) is 47.7 Å². The van der Waals surface area contributed by atoms with E-state index in [1.54, 1.807) is 28.0 Å². The number of ether oxygens (including phenoxy) is 4. The minimum atomic E-state index is -3.87. The zero-order valence-electron chi connectivity index (χ0n) is 35.1. The van der Waals surface area contributed by atoms with Crippen LogP contribution in [-0.2, 0) is 39.1 Å². The van der Waals surface area contributed by atoms with Crippen molar-refractivity contribution in [2.75, 3.05) is 52.0 Å². The van der Waals surface area contributed by atoms with Crippen LogP contribution in [0.1, 0.15) is 105 Å². The average molecular weight is 890 g/mol. The SMILES string of the molecule is CS(=O)(=O)/N=C1\CC([N+]#Cc2ccc3c(c2)OCC(=O)N2CCC/C(=N\S(C)(=O)=O)[C@@H]2COC2CCC3CC2)CN2C(=O)COc3ccc(C#N)cc3C3CCC(CC3)OCC12. The van der Waals surface area contributed by atoms with Crippen LogP contribution in [0.25, 0.3) is 4.85 Å². The number of amides is 2. The van der Waals surface area contributed by atoms with Crippen LogP contribution in [-0.4, -0.2) is 132 Å². The molecule has 8 aliphatic rings. The number of hydrogen-bond acceptors (Lipinski definition) is 11. The Morgan fingerprint density at radius 1 is 0.710 bits per heavy atom. The summed E-state index contributed by atoms with van der Waals surface area (Å²) >= 11 is 0. The molecule has 4 bridgehead atoms. The van der Waals surface area contributed by atoms with Crippen molar-refractivity contribution in [1.82, 2.24) is 9.80 Å². The third-order valence-electron chi connectivity index (χ3n) is 12.9. The Kier molecular flexibility index (Phi) is 13.0. The van der Waals surface area contributed by atoms with E-state index in [2.05, 4.69) is 20.9 Å². The number of nitriles is 1. The van der Waals surface area contributed by atoms with Crippen molar-refractivity contribution < 1.29 is 45.4 Å². The highest BCUT2D eigenvalue weighted by Gasteiger charge is 2.43. The summed E-state index contributed by atoms with van der Waals surface area (Å²) in [5.74, 6) is 0.668. The Labute approximate surface area is 363 Å². The molecule has 6 heterocycles. The number of hydrogen-bond donors (Lipinski definition) is 0. The molecule has 2 saturated heterocycles. The highest BCUT2D eigenvalue weighted by Crippen LogP contribution is 2.41. The van der Waals surface area contributed by atoms with Gasteiger partial charge in [0, 0.05) is 12.6 Å². The van der Waals surface area contributed by atoms with Crippen molar-refractivity contribution >= 4 is 43.3 Å². The maximum atomic E-state index is 14.1. The molecule has 2 aromatic carbocycles. The summed E-state index contributed by atoms with van der Waals surface area (Å²) in [6, 6.07) is 14.3. The molecule has 2 saturated carbocycles. The lowest BCUT2D eigenvalue weighted by atomic mass is 9.82. The topological polar surface area (TPSA) is 199 Å². The molecule has 16 nitrogen and oxygen atoms in total. The van der Waals surface area contributed by atoms with Gasteiger partial charge in [-0.15, -0.1) is 0 Å². The molecule has 18 heteroatoms. The van der Waals surface area contributed by atoms with Crippen LogP contribution < -0.4 is 9.47 Å². The highest BCUT2D eigenvalue weighted by atomic mass is 32.2. The molecular formula is C44H53N6O10S2+. The van der Waals surface area contributed by atoms with Gasteiger partial charge < -0.3 is 28.7 Å². The Morgan fingerprint density at radius 3 is 1.94 bits per heavy atom. The molecule has 62 heavy (non-hydrogen) atoms. The molecule has 2 amide bonds. The first-order chi connectivity index (χ1) is 29.7. The second-order valence-corrected chi connectivity index (χ2v) is 20.6. The maximum absolute atomic E-state index is 14.1. The Morgan fingerprint density at radius 2 is 1.29 bits per heavy atom. The summed E-state index contributed by atoms with van der Waals surface area (Å²) in [7, 11) is -7.55. The number of carbonyl (C=O) groups is 2. The number of benzene rings is 2. The average Bonchev–Trinajstić information content (AvgIpc) is 3.27. The first kappa shape index (κ1) is 43.8. The zero-order valence-corrected chi connectivity index (χ0v) is 36.7. The first-order valence-corrected chi connectivity index (χ1v) is 25.2. The van der Waals surface area contributed by atoms with Crippen LogP contribution in [0.4, 0.5) is 0 Å². The predicted octanol–water partition coefficient (Wildman–Crippen LogP) is 4.57. The largest absolute Gasteiger partial charge is 0.483 e. The fourth-order valence-electron chi connectivity index (χ4n) is 9.85. The van der Waals surface area contributed by atoms with E-state index in [0.717, 1.165) is 75.0 Å². The second-order valence-electron chi connectivity index (χ2n) is 17.3. The van der Waals surface area contributed by atoms with Crippen LogP contribution in [0.2, 0.25) is 0 Å². The summed E-state index contributed by atoms with van der Waals surface area (Å²) < 4.78 is 83.2. The molecular weight excluding hydrogens is 837 g/mol. The Hall–Kier alpha value is -4.88. The summed E-state index contributed by atoms with van der Waals surface area (Å²) in [6.45, 7) is 0.175. The van der Waals surface area contributed by atoms with Gasteiger partial charge in [0.2, 0.25) is 20.0 Å². The van der Waals surface area contributed by atoms with E-state index >= 15 is 0 Å². The number of rotatable bonds is 2. The van der Waals surface area contributed by atoms with Gasteiger partial charge in [0.1, 0.15) is 23.6 Å². The van der Waals surface area contributed by atoms with Gasteiger partial charge in [0.05, 0.1) is 79.5 Å². The van der Waals surface area contributed by atoms with Crippen LogP contribution in [0.3, 0.4) is 0 Å². The Balaban J connectivity index is 1.07. The van der Waals surface area contributed by atoms with E-state index in [1.165, 1.54) is 0 Å². The number of fused-ring (bicyclic) bond motifs is 10. The van der Waals surface area contributed by atoms with E-state index in [-0.39, 0.29) is 81.0 Å². The molecule has 2 aromatic rings. The van der Waals surface area contributed by atoms with Gasteiger partial charge in [-0.05, 0) is 111 Å². The minimum Gasteiger partial charge on any atom is -0.483 e. The minimum absolute atomic E-state index is 0.0324. The molecule has 3 atom stereocenters. The third-order valence-corrected chi connectivity index (χ3v) is 14.0. The second kappa shape index (κ2) is 18.5. The molecule has 0 spiro atoms. The van der Waals surface area contributed by atoms with Gasteiger partial charge >= 0.3 is 6.07 Å². The molecule has 2 aliphatic carbocycles. The van der Waals surface area contributed by atoms with Crippen molar-refractivity contribution in [3.05, 3.63) is 63.5 Å². The van der Waals surface area contributed by atoms with Crippen LogP contribution >= 0.6 is 0 Å². The van der Waals surface area contributed by atoms with Gasteiger partial charge in [-0.1, -0.05) is 10.9 Å². The number of nitrogens with zero attached hydrogens (tertiary/aromatic N) is 6. The van der Waals surface area contributed by atoms with E-state index in [4.69, 9.17) is 23.8 Å². The molecule has 6 aliphatic heterocycles. The lowest BCUT2D eigenvalue weighted by Gasteiger charge is -2.37. The molecule has 4 fully saturated rings. The molecule has 2 unspecified atom stereocenters. The third kappa shape index (κ3) is 10.5. The van der Waals surface area contributed by atoms with Crippen LogP contribution in [0.15, 0.2) is 45.2 Å². The maximum Gasteiger partial charge on any atom is 0.311 e. The number of sulfonamides is 2. The van der Waals surface area contributed by atoms with E-state index in [9.17, 15) is 31.7 Å². The summed E-state index contributed by atoms with van der Waals surface area (Å²) in [4.78, 5) is 35.9. The molecule has 10 rings (SSSR count). The van der Waals surface area contributed by atoms with Gasteiger partial charge in [-0.3, -0.25) is 9.59 Å². The Bertz CT molecular complexity index is 2460. The summed E-state index contributed by atoms with van der Waals surface area (Å²) in [6.07, 6.45) is 9.52. The lowest BCUT2D eigenvalue weighted by Crippen LogP contribution is -2.56. The predicted molar refractivity (Wildman–Crippen MR) is 230 cm³/mol. The monoisotopic (exact) mass is 889 g/mol. The molecule has 330 valence electrons. The van der Waals surface area contributed by atoms with Crippen molar-refractivity contribution in [2.24, 2.45) is 8.80 Å². The van der Waals surface area contributed by atoms with E-state index < -0.39 is 38.2 Å². The van der Waals surface area contributed by atoms with Crippen LogP contribution in [0, 0.1) is 17.4 Å². The fraction of sp³-hybridized carbons (Fsp3) is 0.591. The van der Waals surface area contributed by atoms with E-state index in [1.807, 2.05) is 18.2 Å². The zero-order chi connectivity index (χ0) is 43.6. The molecule has 0 radical (unpaired) electrons.